The fourth-order valence-electron chi connectivity index (χ4n) is 7.54. The van der Waals surface area contributed by atoms with Gasteiger partial charge in [0.2, 0.25) is 5.69 Å². The number of hydrogen-bond acceptors (Lipinski definition) is 1. The number of nitrogens with zero attached hydrogens (tertiary/aromatic N) is 3. The lowest BCUT2D eigenvalue weighted by molar-refractivity contribution is 1.18. The lowest BCUT2D eigenvalue weighted by Crippen LogP contribution is -1.98. The summed E-state index contributed by atoms with van der Waals surface area (Å²) < 4.78 is 7.31. The van der Waals surface area contributed by atoms with E-state index in [1.165, 1.54) is 52.8 Å². The fraction of sp³-hybridized carbons (Fsp3) is 0. The van der Waals surface area contributed by atoms with Gasteiger partial charge in [0, 0.05) is 42.7 Å². The molecule has 0 aliphatic heterocycles. The van der Waals surface area contributed by atoms with Gasteiger partial charge in [0.05, 0.1) is 39.0 Å². The minimum Gasteiger partial charge on any atom is -0.318 e. The van der Waals surface area contributed by atoms with Crippen LogP contribution in [-0.2, 0) is 0 Å². The van der Waals surface area contributed by atoms with Crippen molar-refractivity contribution in [2.24, 2.45) is 0 Å². The van der Waals surface area contributed by atoms with Crippen LogP contribution in [0, 0.1) is 6.57 Å². The predicted molar refractivity (Wildman–Crippen MR) is 200 cm³/mol. The van der Waals surface area contributed by atoms with Crippen molar-refractivity contribution in [3.05, 3.63) is 163 Å². The van der Waals surface area contributed by atoms with E-state index in [4.69, 9.17) is 6.57 Å². The molecule has 0 saturated carbocycles. The second-order valence-electron chi connectivity index (χ2n) is 12.0. The van der Waals surface area contributed by atoms with Gasteiger partial charge in [-0.3, -0.25) is 0 Å². The summed E-state index contributed by atoms with van der Waals surface area (Å²) >= 11 is 1.87. The maximum absolute atomic E-state index is 8.16. The first kappa shape index (κ1) is 26.1. The first-order valence-electron chi connectivity index (χ1n) is 15.7. The van der Waals surface area contributed by atoms with E-state index in [1.807, 2.05) is 23.5 Å². The Balaban J connectivity index is 1.22. The zero-order valence-corrected chi connectivity index (χ0v) is 26.0. The van der Waals surface area contributed by atoms with E-state index in [9.17, 15) is 0 Å². The Morgan fingerprint density at radius 2 is 1.04 bits per heavy atom. The highest BCUT2D eigenvalue weighted by Gasteiger charge is 2.20. The predicted octanol–water partition coefficient (Wildman–Crippen LogP) is 12.5. The minimum atomic E-state index is 0.632. The van der Waals surface area contributed by atoms with Crippen molar-refractivity contribution in [1.82, 2.24) is 9.13 Å². The molecule has 3 aromatic heterocycles. The molecule has 0 N–H and O–H groups in total. The highest BCUT2D eigenvalue weighted by atomic mass is 32.1. The third-order valence-electron chi connectivity index (χ3n) is 9.55. The van der Waals surface area contributed by atoms with E-state index in [2.05, 4.69) is 154 Å². The standard InChI is InChI=1S/C43H25N3S/c1-44-36-16-10-15-29(41(36)46-38-18-7-2-11-30(38)31-12-3-8-19-39(31)46)27-21-23-28(24-22-27)45-37-17-6-4-13-32(37)34-25-26-35-33-14-5-9-20-40(33)47-43(35)42(34)45/h2-26H. The van der Waals surface area contributed by atoms with Gasteiger partial charge in [-0.25, -0.2) is 4.85 Å². The summed E-state index contributed by atoms with van der Waals surface area (Å²) in [6, 6.07) is 53.9. The second kappa shape index (κ2) is 9.92. The van der Waals surface area contributed by atoms with Crippen LogP contribution >= 0.6 is 11.3 Å². The van der Waals surface area contributed by atoms with Gasteiger partial charge in [-0.15, -0.1) is 11.3 Å². The van der Waals surface area contributed by atoms with E-state index in [0.29, 0.717) is 5.69 Å². The van der Waals surface area contributed by atoms with Gasteiger partial charge < -0.3 is 9.13 Å². The zero-order valence-electron chi connectivity index (χ0n) is 25.2. The number of para-hydroxylation sites is 4. The highest BCUT2D eigenvalue weighted by molar-refractivity contribution is 7.26. The summed E-state index contributed by atoms with van der Waals surface area (Å²) in [7, 11) is 0. The number of thiophene rings is 1. The van der Waals surface area contributed by atoms with Crippen LogP contribution in [0.15, 0.2) is 152 Å². The molecule has 0 saturated heterocycles. The van der Waals surface area contributed by atoms with Crippen LogP contribution in [0.2, 0.25) is 0 Å². The van der Waals surface area contributed by atoms with Crippen LogP contribution < -0.4 is 0 Å². The lowest BCUT2D eigenvalue weighted by atomic mass is 10.0. The van der Waals surface area contributed by atoms with Crippen molar-refractivity contribution in [2.45, 2.75) is 0 Å². The summed E-state index contributed by atoms with van der Waals surface area (Å²) in [5.41, 5.74) is 9.41. The molecule has 0 aliphatic carbocycles. The van der Waals surface area contributed by atoms with Crippen LogP contribution in [0.25, 0.3) is 91.1 Å². The normalized spacial score (nSPS) is 11.8. The minimum absolute atomic E-state index is 0.632. The van der Waals surface area contributed by atoms with E-state index in [1.54, 1.807) is 0 Å². The third kappa shape index (κ3) is 3.66. The number of rotatable bonds is 3. The SMILES string of the molecule is [C-]#[N+]c1cccc(-c2ccc(-n3c4ccccc4c4ccc5c6ccccc6sc5c43)cc2)c1-n1c2ccccc2c2ccccc21. The van der Waals surface area contributed by atoms with Gasteiger partial charge in [-0.1, -0.05) is 115 Å². The van der Waals surface area contributed by atoms with Gasteiger partial charge in [-0.2, -0.15) is 0 Å². The Kier molecular flexibility index (Phi) is 5.51. The van der Waals surface area contributed by atoms with Crippen LogP contribution in [0.5, 0.6) is 0 Å². The number of benzene rings is 7. The average molecular weight is 616 g/mol. The quantitative estimate of drug-likeness (QED) is 0.176. The average Bonchev–Trinajstić information content (AvgIpc) is 3.79. The molecule has 7 aromatic carbocycles. The van der Waals surface area contributed by atoms with E-state index in [-0.39, 0.29) is 0 Å². The highest BCUT2D eigenvalue weighted by Crippen LogP contribution is 2.44. The maximum atomic E-state index is 8.16. The van der Waals surface area contributed by atoms with Gasteiger partial charge in [0.15, 0.2) is 0 Å². The first-order valence-corrected chi connectivity index (χ1v) is 16.5. The number of hydrogen-bond donors (Lipinski definition) is 0. The Morgan fingerprint density at radius 3 is 1.72 bits per heavy atom. The molecule has 0 unspecified atom stereocenters. The lowest BCUT2D eigenvalue weighted by Gasteiger charge is -2.17. The largest absolute Gasteiger partial charge is 0.318 e. The van der Waals surface area contributed by atoms with Gasteiger partial charge in [-0.05, 0) is 47.5 Å². The van der Waals surface area contributed by atoms with Crippen molar-refractivity contribution in [3.63, 3.8) is 0 Å². The van der Waals surface area contributed by atoms with Crippen molar-refractivity contribution in [2.75, 3.05) is 0 Å². The molecule has 0 fully saturated rings. The topological polar surface area (TPSA) is 14.2 Å². The summed E-state index contributed by atoms with van der Waals surface area (Å²) in [5.74, 6) is 0. The zero-order chi connectivity index (χ0) is 31.1. The molecule has 10 aromatic rings. The van der Waals surface area contributed by atoms with Crippen molar-refractivity contribution < 1.29 is 0 Å². The first-order chi connectivity index (χ1) is 23.3. The summed E-state index contributed by atoms with van der Waals surface area (Å²) in [4.78, 5) is 4.03. The van der Waals surface area contributed by atoms with Gasteiger partial charge >= 0.3 is 0 Å². The summed E-state index contributed by atoms with van der Waals surface area (Å²) in [6.45, 7) is 8.16. The monoisotopic (exact) mass is 615 g/mol. The third-order valence-corrected chi connectivity index (χ3v) is 10.7. The molecule has 0 atom stereocenters. The molecule has 0 amide bonds. The van der Waals surface area contributed by atoms with E-state index >= 15 is 0 Å². The van der Waals surface area contributed by atoms with Crippen molar-refractivity contribution in [3.8, 4) is 22.5 Å². The smallest absolute Gasteiger partial charge is 0.211 e. The molecule has 10 rings (SSSR count). The van der Waals surface area contributed by atoms with E-state index < -0.39 is 0 Å². The number of fused-ring (bicyclic) bond motifs is 10. The van der Waals surface area contributed by atoms with Crippen LogP contribution in [0.3, 0.4) is 0 Å². The molecule has 0 spiro atoms. The molecule has 47 heavy (non-hydrogen) atoms. The molecule has 4 heteroatoms. The van der Waals surface area contributed by atoms with Gasteiger partial charge in [0.25, 0.3) is 0 Å². The van der Waals surface area contributed by atoms with Crippen LogP contribution in [0.4, 0.5) is 5.69 Å². The van der Waals surface area contributed by atoms with Crippen molar-refractivity contribution >= 4 is 80.8 Å². The molecular weight excluding hydrogens is 591 g/mol. The maximum Gasteiger partial charge on any atom is 0.211 e. The summed E-state index contributed by atoms with van der Waals surface area (Å²) in [5, 5.41) is 7.49. The second-order valence-corrected chi connectivity index (χ2v) is 13.0. The van der Waals surface area contributed by atoms with Gasteiger partial charge in [0.1, 0.15) is 0 Å². The Labute approximate surface area is 274 Å². The Hall–Kier alpha value is -6.15. The summed E-state index contributed by atoms with van der Waals surface area (Å²) in [6.07, 6.45) is 0. The molecule has 0 aliphatic rings. The molecule has 218 valence electrons. The molecule has 3 nitrogen and oxygen atoms in total. The Bertz CT molecular complexity index is 2860. The molecule has 0 radical (unpaired) electrons. The van der Waals surface area contributed by atoms with E-state index in [0.717, 1.165) is 33.5 Å². The molecule has 3 heterocycles. The van der Waals surface area contributed by atoms with Crippen LogP contribution in [0.1, 0.15) is 0 Å². The van der Waals surface area contributed by atoms with Crippen molar-refractivity contribution in [1.29, 1.82) is 0 Å². The molecule has 0 bridgehead atoms. The Morgan fingerprint density at radius 1 is 0.468 bits per heavy atom. The van der Waals surface area contributed by atoms with Crippen LogP contribution in [-0.4, -0.2) is 9.13 Å². The number of aromatic nitrogens is 2. The molecular formula is C43H25N3S. The fourth-order valence-corrected chi connectivity index (χ4v) is 8.78.